The monoisotopic (exact) mass is 274 g/mol. The van der Waals surface area contributed by atoms with E-state index in [1.54, 1.807) is 7.11 Å². The van der Waals surface area contributed by atoms with Crippen LogP contribution in [0.15, 0.2) is 24.3 Å². The molecule has 0 bridgehead atoms. The maximum Gasteiger partial charge on any atom is 0.0713 e. The molecule has 0 saturated carbocycles. The molecule has 2 aliphatic heterocycles. The minimum atomic E-state index is 0.607. The summed E-state index contributed by atoms with van der Waals surface area (Å²) < 4.78 is 5.22. The normalized spacial score (nSPS) is 22.4. The first-order valence-corrected chi connectivity index (χ1v) is 7.80. The molecule has 1 spiro atoms. The quantitative estimate of drug-likeness (QED) is 0.912. The number of methoxy groups -OCH3 is 1. The maximum atomic E-state index is 5.22. The van der Waals surface area contributed by atoms with Crippen molar-refractivity contribution in [3.63, 3.8) is 0 Å². The first-order valence-electron chi connectivity index (χ1n) is 7.80. The van der Waals surface area contributed by atoms with Gasteiger partial charge in [0.1, 0.15) is 0 Å². The highest BCUT2D eigenvalue weighted by Crippen LogP contribution is 2.38. The molecule has 0 radical (unpaired) electrons. The number of hydrogen-bond acceptors (Lipinski definition) is 3. The third-order valence-electron chi connectivity index (χ3n) is 4.89. The molecule has 0 amide bonds. The Kier molecular flexibility index (Phi) is 4.39. The van der Waals surface area contributed by atoms with Crippen molar-refractivity contribution in [2.75, 3.05) is 33.3 Å². The summed E-state index contributed by atoms with van der Waals surface area (Å²) in [5.41, 5.74) is 3.31. The molecule has 0 aliphatic carbocycles. The maximum absolute atomic E-state index is 5.22. The van der Waals surface area contributed by atoms with Gasteiger partial charge in [-0.3, -0.25) is 4.90 Å². The van der Waals surface area contributed by atoms with E-state index in [2.05, 4.69) is 34.5 Å². The lowest BCUT2D eigenvalue weighted by Crippen LogP contribution is -2.38. The Morgan fingerprint density at radius 2 is 2.00 bits per heavy atom. The number of hydrogen-bond donors (Lipinski definition) is 1. The second-order valence-corrected chi connectivity index (χ2v) is 6.46. The van der Waals surface area contributed by atoms with Crippen LogP contribution in [0.5, 0.6) is 0 Å². The van der Waals surface area contributed by atoms with Crippen molar-refractivity contribution in [2.45, 2.75) is 32.4 Å². The van der Waals surface area contributed by atoms with Gasteiger partial charge < -0.3 is 10.1 Å². The van der Waals surface area contributed by atoms with E-state index in [1.165, 1.54) is 56.6 Å². The van der Waals surface area contributed by atoms with E-state index < -0.39 is 0 Å². The van der Waals surface area contributed by atoms with Gasteiger partial charge in [0.05, 0.1) is 6.61 Å². The molecule has 1 N–H and O–H groups in total. The van der Waals surface area contributed by atoms with Crippen molar-refractivity contribution < 1.29 is 4.74 Å². The molecule has 1 aromatic rings. The zero-order chi connectivity index (χ0) is 13.8. The Morgan fingerprint density at radius 3 is 2.80 bits per heavy atom. The summed E-state index contributed by atoms with van der Waals surface area (Å²) in [7, 11) is 1.76. The fourth-order valence-electron chi connectivity index (χ4n) is 3.77. The number of nitrogens with one attached hydrogen (secondary N) is 1. The Bertz CT molecular complexity index is 440. The van der Waals surface area contributed by atoms with Crippen LogP contribution < -0.4 is 5.32 Å². The van der Waals surface area contributed by atoms with Crippen LogP contribution >= 0.6 is 0 Å². The molecule has 0 unspecified atom stereocenters. The Balaban J connectivity index is 1.60. The summed E-state index contributed by atoms with van der Waals surface area (Å²) in [5.74, 6) is 0. The van der Waals surface area contributed by atoms with Gasteiger partial charge in [-0.1, -0.05) is 24.3 Å². The smallest absolute Gasteiger partial charge is 0.0713 e. The summed E-state index contributed by atoms with van der Waals surface area (Å²) >= 11 is 0. The second-order valence-electron chi connectivity index (χ2n) is 6.46. The van der Waals surface area contributed by atoms with E-state index in [-0.39, 0.29) is 0 Å². The van der Waals surface area contributed by atoms with Crippen LogP contribution in [-0.2, 0) is 17.9 Å². The molecule has 2 aliphatic rings. The van der Waals surface area contributed by atoms with Crippen LogP contribution in [0.1, 0.15) is 30.4 Å². The zero-order valence-corrected chi connectivity index (χ0v) is 12.5. The van der Waals surface area contributed by atoms with Crippen molar-refractivity contribution in [1.82, 2.24) is 10.2 Å². The molecule has 3 heteroatoms. The topological polar surface area (TPSA) is 24.5 Å². The van der Waals surface area contributed by atoms with E-state index >= 15 is 0 Å². The first kappa shape index (κ1) is 14.1. The van der Waals surface area contributed by atoms with E-state index in [0.29, 0.717) is 12.0 Å². The molecule has 2 saturated heterocycles. The average molecular weight is 274 g/mol. The lowest BCUT2D eigenvalue weighted by Gasteiger charge is -2.34. The largest absolute Gasteiger partial charge is 0.380 e. The van der Waals surface area contributed by atoms with E-state index in [9.17, 15) is 0 Å². The van der Waals surface area contributed by atoms with Crippen molar-refractivity contribution in [3.8, 4) is 0 Å². The minimum absolute atomic E-state index is 0.607. The molecule has 0 aromatic heterocycles. The highest BCUT2D eigenvalue weighted by atomic mass is 16.5. The summed E-state index contributed by atoms with van der Waals surface area (Å²) in [4.78, 5) is 2.64. The zero-order valence-electron chi connectivity index (χ0n) is 12.5. The Morgan fingerprint density at radius 1 is 1.20 bits per heavy atom. The molecule has 2 fully saturated rings. The summed E-state index contributed by atoms with van der Waals surface area (Å²) in [6.07, 6.45) is 4.09. The summed E-state index contributed by atoms with van der Waals surface area (Å²) in [5, 5.41) is 3.49. The molecule has 2 heterocycles. The Labute approximate surface area is 122 Å². The number of nitrogens with zero attached hydrogens (tertiary/aromatic N) is 1. The summed E-state index contributed by atoms with van der Waals surface area (Å²) in [6.45, 7) is 6.75. The van der Waals surface area contributed by atoms with Crippen LogP contribution in [-0.4, -0.2) is 38.2 Å². The fraction of sp³-hybridized carbons (Fsp3) is 0.647. The number of rotatable bonds is 4. The van der Waals surface area contributed by atoms with Gasteiger partial charge in [-0.2, -0.15) is 0 Å². The highest BCUT2D eigenvalue weighted by molar-refractivity contribution is 5.23. The van der Waals surface area contributed by atoms with Crippen LogP contribution in [0.25, 0.3) is 0 Å². The van der Waals surface area contributed by atoms with Crippen LogP contribution in [0.4, 0.5) is 0 Å². The van der Waals surface area contributed by atoms with Crippen molar-refractivity contribution in [2.24, 2.45) is 5.41 Å². The van der Waals surface area contributed by atoms with E-state index in [0.717, 1.165) is 6.54 Å². The van der Waals surface area contributed by atoms with E-state index in [4.69, 9.17) is 4.74 Å². The molecule has 110 valence electrons. The Hall–Kier alpha value is -0.900. The van der Waals surface area contributed by atoms with Gasteiger partial charge >= 0.3 is 0 Å². The second kappa shape index (κ2) is 6.25. The van der Waals surface area contributed by atoms with Crippen LogP contribution in [0.2, 0.25) is 0 Å². The third-order valence-corrected chi connectivity index (χ3v) is 4.89. The number of benzene rings is 1. The van der Waals surface area contributed by atoms with Gasteiger partial charge in [-0.15, -0.1) is 0 Å². The lowest BCUT2D eigenvalue weighted by atomic mass is 9.78. The van der Waals surface area contributed by atoms with Gasteiger partial charge in [-0.05, 0) is 55.4 Å². The van der Waals surface area contributed by atoms with Crippen molar-refractivity contribution in [3.05, 3.63) is 35.4 Å². The van der Waals surface area contributed by atoms with Gasteiger partial charge in [0.25, 0.3) is 0 Å². The highest BCUT2D eigenvalue weighted by Gasteiger charge is 2.38. The third kappa shape index (κ3) is 3.22. The average Bonchev–Trinajstić information content (AvgIpc) is 2.83. The van der Waals surface area contributed by atoms with E-state index in [1.807, 2.05) is 0 Å². The van der Waals surface area contributed by atoms with Crippen molar-refractivity contribution >= 4 is 0 Å². The van der Waals surface area contributed by atoms with Gasteiger partial charge in [0.2, 0.25) is 0 Å². The predicted octanol–water partition coefficient (Wildman–Crippen LogP) is 2.41. The molecule has 20 heavy (non-hydrogen) atoms. The number of likely N-dealkylation sites (tertiary alicyclic amines) is 1. The first-order chi connectivity index (χ1) is 9.80. The molecule has 1 aromatic carbocycles. The number of ether oxygens (including phenoxy) is 1. The van der Waals surface area contributed by atoms with Gasteiger partial charge in [0, 0.05) is 20.2 Å². The lowest BCUT2D eigenvalue weighted by molar-refractivity contribution is 0.184. The molecular weight excluding hydrogens is 248 g/mol. The number of piperidine rings is 1. The molecule has 0 atom stereocenters. The summed E-state index contributed by atoms with van der Waals surface area (Å²) in [6, 6.07) is 8.83. The van der Waals surface area contributed by atoms with Gasteiger partial charge in [0.15, 0.2) is 0 Å². The minimum Gasteiger partial charge on any atom is -0.380 e. The standard InChI is InChI=1S/C17H26N2O/c1-20-13-16-4-2-3-15(11-16)12-19-10-7-17(14-19)5-8-18-9-6-17/h2-4,11,18H,5-10,12-14H2,1H3. The fourth-order valence-corrected chi connectivity index (χ4v) is 3.77. The van der Waals surface area contributed by atoms with Crippen LogP contribution in [0, 0.1) is 5.41 Å². The molecular formula is C17H26N2O. The molecule has 3 nitrogen and oxygen atoms in total. The van der Waals surface area contributed by atoms with Crippen LogP contribution in [0.3, 0.4) is 0 Å². The van der Waals surface area contributed by atoms with Crippen molar-refractivity contribution in [1.29, 1.82) is 0 Å². The predicted molar refractivity (Wildman–Crippen MR) is 81.6 cm³/mol. The SMILES string of the molecule is COCc1cccc(CN2CCC3(CCNCC3)C2)c1. The van der Waals surface area contributed by atoms with Gasteiger partial charge in [-0.25, -0.2) is 0 Å². The molecule has 3 rings (SSSR count).